The maximum absolute atomic E-state index is 15.7. The number of ether oxygens (including phenoxy) is 5. The Morgan fingerprint density at radius 1 is 0.971 bits per heavy atom. The number of allylic oxidation sites excluding steroid dienone is 1. The number of epoxide rings is 1. The van der Waals surface area contributed by atoms with Crippen molar-refractivity contribution < 1.29 is 73.2 Å². The first-order valence-corrected chi connectivity index (χ1v) is 23.5. The molecule has 0 spiro atoms. The minimum absolute atomic E-state index is 0. The number of unbranched alkanes of at least 4 members (excludes halogenated alkanes) is 2. The molecular weight excluding hydrogens is 1120 g/mol. The van der Waals surface area contributed by atoms with E-state index in [1.54, 1.807) is 29.3 Å². The molecule has 0 radical (unpaired) electrons. The Kier molecular flexibility index (Phi) is 20.5. The first kappa shape index (κ1) is 52.6. The van der Waals surface area contributed by atoms with Crippen LogP contribution in [0, 0.1) is 54.4 Å². The molecule has 0 N–H and O–H groups in total. The van der Waals surface area contributed by atoms with E-state index in [1.807, 2.05) is 60.7 Å². The van der Waals surface area contributed by atoms with Crippen molar-refractivity contribution in [1.82, 2.24) is 4.98 Å². The molecule has 0 amide bonds. The molecule has 1 saturated heterocycles. The molecule has 1 aromatic heterocycles. The third-order valence-electron chi connectivity index (χ3n) is 11.3. The number of benzene rings is 5. The number of alkyl halides is 2. The zero-order valence-corrected chi connectivity index (χ0v) is 43.0. The number of hydrazone groups is 1. The van der Waals surface area contributed by atoms with Gasteiger partial charge in [0.2, 0.25) is 5.13 Å². The zero-order valence-electron chi connectivity index (χ0n) is 38.1. The standard InChI is InChI=1S/C51H49F2N4O6S.C3H3O.U/c52-51(53,41-20-18-39(19-21-41)38-10-3-1-4-11-38)63-43-24-26-45(40(33-43)34-55-57(29-8-2-7-28-54)50-56-44-12-5-6-13-48(44)64-50)62-49(58)27-17-36-14-22-42(23-15-36)60-31-9-30-59-35-37-16-25-46-47(32-37)61-46;1-2-3-4;/h3-6,10-15,18-24,26,33-34,37,46-47H,2,7-9,16-17,25,27,29-32,35H2;2H,1H2;/q2*-1;+2/b55-34+;;. The molecule has 0 bridgehead atoms. The van der Waals surface area contributed by atoms with E-state index in [4.69, 9.17) is 43.8 Å². The van der Waals surface area contributed by atoms with E-state index in [0.29, 0.717) is 68.7 Å². The van der Waals surface area contributed by atoms with Gasteiger partial charge >= 0.3 is 43.2 Å². The monoisotopic (exact) mass is 1180 g/mol. The summed E-state index contributed by atoms with van der Waals surface area (Å²) in [7, 11) is 0. The van der Waals surface area contributed by atoms with Crippen molar-refractivity contribution in [2.45, 2.75) is 76.1 Å². The number of nitrogens with zero attached hydrogens (tertiary/aromatic N) is 4. The van der Waals surface area contributed by atoms with Crippen LogP contribution in [0.25, 0.3) is 21.3 Å². The van der Waals surface area contributed by atoms with Crippen LogP contribution in [-0.2, 0) is 31.6 Å². The molecule has 15 heteroatoms. The molecule has 354 valence electrons. The summed E-state index contributed by atoms with van der Waals surface area (Å²) in [5.41, 5.74) is 3.30. The summed E-state index contributed by atoms with van der Waals surface area (Å²) in [5, 5.41) is 16.2. The van der Waals surface area contributed by atoms with Crippen molar-refractivity contribution in [3.8, 4) is 34.4 Å². The molecular formula is C54H52F2N4O7SU. The second kappa shape index (κ2) is 26.9. The quantitative estimate of drug-likeness (QED) is 0.00891. The number of carbonyl (C=O) groups excluding carboxylic acids is 2. The maximum atomic E-state index is 15.7. The fourth-order valence-electron chi connectivity index (χ4n) is 7.61. The molecule has 1 saturated carbocycles. The Bertz CT molecular complexity index is 2610. The molecule has 11 nitrogen and oxygen atoms in total. The average molecular weight is 1180 g/mol. The van der Waals surface area contributed by atoms with Crippen LogP contribution in [-0.4, -0.2) is 62.0 Å². The van der Waals surface area contributed by atoms with Gasteiger partial charge in [-0.25, -0.2) is 22.6 Å². The molecule has 2 heterocycles. The minimum Gasteiger partial charge on any atom is -0.494 e. The molecule has 5 aromatic carbocycles. The smallest absolute Gasteiger partial charge is 0.494 e. The van der Waals surface area contributed by atoms with Crippen molar-refractivity contribution in [1.29, 1.82) is 5.26 Å². The average Bonchev–Trinajstić information content (AvgIpc) is 4.02. The van der Waals surface area contributed by atoms with Crippen LogP contribution in [0.1, 0.15) is 68.1 Å². The summed E-state index contributed by atoms with van der Waals surface area (Å²) < 4.78 is 61.0. The van der Waals surface area contributed by atoms with Gasteiger partial charge in [0.05, 0.1) is 46.9 Å². The van der Waals surface area contributed by atoms with E-state index in [-0.39, 0.29) is 60.2 Å². The predicted octanol–water partition coefficient (Wildman–Crippen LogP) is 11.6. The number of carbonyl (C=O) groups is 1. The van der Waals surface area contributed by atoms with Gasteiger partial charge in [-0.3, -0.25) is 4.79 Å². The Balaban J connectivity index is 0.00000151. The fourth-order valence-corrected chi connectivity index (χ4v) is 8.56. The first-order chi connectivity index (χ1) is 33.2. The van der Waals surface area contributed by atoms with Crippen LogP contribution in [0.4, 0.5) is 13.9 Å². The number of fused-ring (bicyclic) bond motifs is 2. The molecule has 69 heavy (non-hydrogen) atoms. The van der Waals surface area contributed by atoms with Gasteiger partial charge in [-0.2, -0.15) is 49.5 Å². The third-order valence-corrected chi connectivity index (χ3v) is 12.3. The van der Waals surface area contributed by atoms with Crippen molar-refractivity contribution in [3.63, 3.8) is 0 Å². The van der Waals surface area contributed by atoms with Crippen LogP contribution >= 0.6 is 11.3 Å². The van der Waals surface area contributed by atoms with Crippen LogP contribution in [0.5, 0.6) is 17.2 Å². The number of para-hydroxylation sites is 1. The van der Waals surface area contributed by atoms with Crippen LogP contribution in [0.3, 0.4) is 0 Å². The van der Waals surface area contributed by atoms with Gasteiger partial charge in [-0.05, 0) is 116 Å². The van der Waals surface area contributed by atoms with E-state index < -0.39 is 12.1 Å². The van der Waals surface area contributed by atoms with E-state index in [1.165, 1.54) is 60.6 Å². The van der Waals surface area contributed by atoms with Crippen LogP contribution in [0.15, 0.2) is 133 Å². The normalized spacial score (nSPS) is 15.9. The van der Waals surface area contributed by atoms with Crippen molar-refractivity contribution >= 4 is 45.2 Å². The Morgan fingerprint density at radius 2 is 1.72 bits per heavy atom. The number of nitriles is 1. The first-order valence-electron chi connectivity index (χ1n) is 22.7. The van der Waals surface area contributed by atoms with Gasteiger partial charge in [-0.1, -0.05) is 47.7 Å². The van der Waals surface area contributed by atoms with Crippen molar-refractivity contribution in [3.05, 3.63) is 151 Å². The Morgan fingerprint density at radius 3 is 2.46 bits per heavy atom. The van der Waals surface area contributed by atoms with Gasteiger partial charge in [-0.15, -0.1) is 5.56 Å². The summed E-state index contributed by atoms with van der Waals surface area (Å²) >= 11 is 1.45. The summed E-state index contributed by atoms with van der Waals surface area (Å²) in [6, 6.07) is 37.7. The van der Waals surface area contributed by atoms with Gasteiger partial charge in [0.15, 0.2) is 0 Å². The van der Waals surface area contributed by atoms with Gasteiger partial charge < -0.3 is 28.5 Å². The number of anilines is 1. The number of halogens is 2. The SMILES string of the molecule is C=C[C-]=O.N#CCCCCN(/N=C/c1cc(OC(F)(F)c2ccc(-c3cc[c-]cc3)cc2)ccc1OC(=O)CCc1ccc(OCCCOCC2CCC3OC3C2)cc1)c1nc2ccccc2s1.[U+2]. The van der Waals surface area contributed by atoms with Gasteiger partial charge in [0, 0.05) is 44.6 Å². The Labute approximate surface area is 429 Å². The van der Waals surface area contributed by atoms with Crippen molar-refractivity contribution in [2.75, 3.05) is 31.4 Å². The van der Waals surface area contributed by atoms with Crippen LogP contribution in [0.2, 0.25) is 0 Å². The topological polar surface area (TPSA) is 136 Å². The van der Waals surface area contributed by atoms with Gasteiger partial charge in [0.25, 0.3) is 0 Å². The Hall–Kier alpha value is -5.74. The van der Waals surface area contributed by atoms with Gasteiger partial charge in [0.1, 0.15) is 17.2 Å². The molecule has 3 atom stereocenters. The van der Waals surface area contributed by atoms with Crippen LogP contribution < -0.4 is 19.2 Å². The zero-order chi connectivity index (χ0) is 47.6. The predicted molar refractivity (Wildman–Crippen MR) is 259 cm³/mol. The minimum atomic E-state index is -3.69. The molecule has 8 rings (SSSR count). The number of rotatable bonds is 23. The van der Waals surface area contributed by atoms with Crippen molar-refractivity contribution in [2.24, 2.45) is 11.0 Å². The van der Waals surface area contributed by atoms with E-state index in [2.05, 4.69) is 18.7 Å². The fraction of sp³-hybridized carbons (Fsp3) is 0.315. The number of aryl methyl sites for hydroxylation is 1. The maximum Gasteiger partial charge on any atom is 2.00 e. The summed E-state index contributed by atoms with van der Waals surface area (Å²) in [4.78, 5) is 27.0. The molecule has 1 aliphatic carbocycles. The summed E-state index contributed by atoms with van der Waals surface area (Å²) in [5.74, 6) is 0.781. The second-order valence-corrected chi connectivity index (χ2v) is 17.2. The number of hydrogen-bond acceptors (Lipinski definition) is 12. The number of hydrogen-bond donors (Lipinski definition) is 0. The second-order valence-electron chi connectivity index (χ2n) is 16.2. The number of aromatic nitrogens is 1. The molecule has 3 unspecified atom stereocenters. The van der Waals surface area contributed by atoms with E-state index >= 15 is 8.78 Å². The van der Waals surface area contributed by atoms with E-state index in [0.717, 1.165) is 64.6 Å². The molecule has 1 aliphatic heterocycles. The molecule has 2 fully saturated rings. The third kappa shape index (κ3) is 16.2. The molecule has 2 aliphatic rings. The number of thiazole rings is 1. The summed E-state index contributed by atoms with van der Waals surface area (Å²) in [6.45, 7) is 5.46. The number of esters is 1. The largest absolute Gasteiger partial charge is 2.00 e. The summed E-state index contributed by atoms with van der Waals surface area (Å²) in [6.07, 6.45) is 7.63. The van der Waals surface area contributed by atoms with E-state index in [9.17, 15) is 4.79 Å². The molecule has 6 aromatic rings.